The molecule has 0 spiro atoms. The molecule has 1 aromatic heterocycles. The normalized spacial score (nSPS) is 17.7. The number of nitrogens with zero attached hydrogens (tertiary/aromatic N) is 4. The molecule has 0 aliphatic carbocycles. The maximum absolute atomic E-state index is 13.7. The Labute approximate surface area is 326 Å². The highest BCUT2D eigenvalue weighted by molar-refractivity contribution is 6.04. The van der Waals surface area contributed by atoms with Crippen molar-refractivity contribution in [3.8, 4) is 22.4 Å². The minimum absolute atomic E-state index is 0.113. The van der Waals surface area contributed by atoms with Crippen LogP contribution in [0.4, 0.5) is 20.1 Å². The predicted octanol–water partition coefficient (Wildman–Crippen LogP) is 5.15. The SMILES string of the molecule is COC(=O)N[C@H](C(=O)N1CCC[C@H]1C(=O)NC(=O)Nc1ccc(-c2ccc(-c3cnc([C@@H]4CCCN4C(=O)[C@H](C(C)C)N(C)C(=O)OC)[nH]3)cc2)cc1)C(C)C. The Hall–Kier alpha value is -5.93. The van der Waals surface area contributed by atoms with Gasteiger partial charge in [-0.15, -0.1) is 0 Å². The maximum atomic E-state index is 13.7. The van der Waals surface area contributed by atoms with Crippen LogP contribution in [0.25, 0.3) is 22.4 Å². The van der Waals surface area contributed by atoms with Crippen LogP contribution >= 0.6 is 0 Å². The topological polar surface area (TPSA) is 195 Å². The number of carbonyl (C=O) groups is 6. The van der Waals surface area contributed by atoms with E-state index in [0.717, 1.165) is 35.2 Å². The summed E-state index contributed by atoms with van der Waals surface area (Å²) in [5, 5.41) is 7.57. The second-order valence-corrected chi connectivity index (χ2v) is 14.8. The molecule has 0 saturated carbocycles. The number of alkyl carbamates (subject to hydrolysis) is 1. The Balaban J connectivity index is 1.17. The van der Waals surface area contributed by atoms with E-state index in [0.29, 0.717) is 37.4 Å². The van der Waals surface area contributed by atoms with E-state index in [1.807, 2.05) is 50.2 Å². The molecule has 2 saturated heterocycles. The number of carbonyl (C=O) groups excluding carboxylic acids is 6. The van der Waals surface area contributed by atoms with E-state index in [1.165, 1.54) is 24.0 Å². The average molecular weight is 773 g/mol. The summed E-state index contributed by atoms with van der Waals surface area (Å²) in [6.45, 7) is 8.28. The van der Waals surface area contributed by atoms with Crippen LogP contribution in [0.15, 0.2) is 54.7 Å². The zero-order valence-corrected chi connectivity index (χ0v) is 33.0. The lowest BCUT2D eigenvalue weighted by Crippen LogP contribution is -2.55. The van der Waals surface area contributed by atoms with Gasteiger partial charge < -0.3 is 34.9 Å². The highest BCUT2D eigenvalue weighted by Crippen LogP contribution is 2.34. The Morgan fingerprint density at radius 3 is 2.02 bits per heavy atom. The quantitative estimate of drug-likeness (QED) is 0.204. The Morgan fingerprint density at radius 2 is 1.41 bits per heavy atom. The molecule has 16 heteroatoms. The van der Waals surface area contributed by atoms with E-state index in [9.17, 15) is 28.8 Å². The monoisotopic (exact) mass is 772 g/mol. The number of methoxy groups -OCH3 is 2. The molecule has 3 heterocycles. The number of nitrogens with one attached hydrogen (secondary N) is 4. The Kier molecular flexibility index (Phi) is 13.4. The van der Waals surface area contributed by atoms with Crippen LogP contribution in [-0.2, 0) is 23.9 Å². The fraction of sp³-hybridized carbons (Fsp3) is 0.475. The molecule has 16 nitrogen and oxygen atoms in total. The standard InChI is InChI=1S/C40H52N8O8/c1-23(2)32(44-39(53)55-6)36(50)48-21-9-11-31(48)35(49)45-38(52)42-28-18-16-26(17-19-28)25-12-14-27(15-13-25)29-22-41-34(43-29)30-10-8-20-47(30)37(51)33(24(3)4)46(5)40(54)56-7/h12-19,22-24,30-33H,8-11,20-21H2,1-7H3,(H,41,43)(H,44,53)(H2,42,45,49,52)/t30-,31-,32-,33-/m0/s1. The number of aromatic amines is 1. The van der Waals surface area contributed by atoms with Crippen LogP contribution < -0.4 is 16.0 Å². The van der Waals surface area contributed by atoms with Gasteiger partial charge in [0.25, 0.3) is 5.91 Å². The van der Waals surface area contributed by atoms with Crippen molar-refractivity contribution in [2.24, 2.45) is 11.8 Å². The molecule has 56 heavy (non-hydrogen) atoms. The van der Waals surface area contributed by atoms with Crippen molar-refractivity contribution in [3.63, 3.8) is 0 Å². The fourth-order valence-electron chi connectivity index (χ4n) is 7.42. The molecule has 0 radical (unpaired) electrons. The summed E-state index contributed by atoms with van der Waals surface area (Å²) >= 11 is 0. The minimum Gasteiger partial charge on any atom is -0.453 e. The second kappa shape index (κ2) is 18.1. The van der Waals surface area contributed by atoms with Crippen LogP contribution in [0.5, 0.6) is 0 Å². The van der Waals surface area contributed by atoms with Gasteiger partial charge in [-0.25, -0.2) is 19.4 Å². The van der Waals surface area contributed by atoms with Gasteiger partial charge in [0.1, 0.15) is 23.9 Å². The highest BCUT2D eigenvalue weighted by atomic mass is 16.5. The van der Waals surface area contributed by atoms with Gasteiger partial charge in [-0.2, -0.15) is 0 Å². The van der Waals surface area contributed by atoms with Crippen LogP contribution in [0.2, 0.25) is 0 Å². The number of benzene rings is 2. The third-order valence-electron chi connectivity index (χ3n) is 10.4. The fourth-order valence-corrected chi connectivity index (χ4v) is 7.42. The summed E-state index contributed by atoms with van der Waals surface area (Å²) in [7, 11) is 4.09. The van der Waals surface area contributed by atoms with Crippen LogP contribution in [0, 0.1) is 11.8 Å². The minimum atomic E-state index is -0.878. The number of H-pyrrole nitrogens is 1. The first kappa shape index (κ1) is 41.2. The molecule has 0 bridgehead atoms. The number of ether oxygens (including phenoxy) is 2. The van der Waals surface area contributed by atoms with Gasteiger partial charge in [0.15, 0.2) is 0 Å². The number of anilines is 1. The van der Waals surface area contributed by atoms with Crippen molar-refractivity contribution in [2.75, 3.05) is 39.7 Å². The van der Waals surface area contributed by atoms with Gasteiger partial charge >= 0.3 is 18.2 Å². The molecule has 7 amide bonds. The largest absolute Gasteiger partial charge is 0.453 e. The zero-order valence-electron chi connectivity index (χ0n) is 33.0. The molecular formula is C40H52N8O8. The molecule has 2 fully saturated rings. The molecule has 300 valence electrons. The predicted molar refractivity (Wildman–Crippen MR) is 208 cm³/mol. The second-order valence-electron chi connectivity index (χ2n) is 14.8. The lowest BCUT2D eigenvalue weighted by atomic mass is 10.0. The maximum Gasteiger partial charge on any atom is 0.409 e. The van der Waals surface area contributed by atoms with Crippen molar-refractivity contribution in [1.29, 1.82) is 0 Å². The number of hydrogen-bond acceptors (Lipinski definition) is 9. The summed E-state index contributed by atoms with van der Waals surface area (Å²) in [6, 6.07) is 11.7. The van der Waals surface area contributed by atoms with E-state index in [-0.39, 0.29) is 23.8 Å². The molecule has 2 aliphatic rings. The third-order valence-corrected chi connectivity index (χ3v) is 10.4. The third kappa shape index (κ3) is 9.29. The van der Waals surface area contributed by atoms with Crippen molar-refractivity contribution < 1.29 is 38.2 Å². The summed E-state index contributed by atoms with van der Waals surface area (Å²) in [5.74, 6) is -0.822. The van der Waals surface area contributed by atoms with Crippen LogP contribution in [0.3, 0.4) is 0 Å². The number of amides is 7. The molecule has 4 atom stereocenters. The van der Waals surface area contributed by atoms with Gasteiger partial charge in [-0.05, 0) is 66.3 Å². The molecule has 2 aromatic carbocycles. The Bertz CT molecular complexity index is 1890. The number of hydrogen-bond donors (Lipinski definition) is 4. The number of likely N-dealkylation sites (N-methyl/N-ethyl adjacent to an activating group) is 1. The lowest BCUT2D eigenvalue weighted by Gasteiger charge is -2.34. The first-order valence-corrected chi connectivity index (χ1v) is 18.9. The van der Waals surface area contributed by atoms with Crippen molar-refractivity contribution in [2.45, 2.75) is 77.5 Å². The highest BCUT2D eigenvalue weighted by Gasteiger charge is 2.41. The number of rotatable bonds is 11. The van der Waals surface area contributed by atoms with E-state index in [2.05, 4.69) is 30.7 Å². The molecule has 5 rings (SSSR count). The molecule has 0 unspecified atom stereocenters. The molecule has 3 aromatic rings. The van der Waals surface area contributed by atoms with Gasteiger partial charge in [-0.1, -0.05) is 64.1 Å². The van der Waals surface area contributed by atoms with Gasteiger partial charge in [0.2, 0.25) is 11.8 Å². The smallest absolute Gasteiger partial charge is 0.409 e. The van der Waals surface area contributed by atoms with Crippen LogP contribution in [0.1, 0.15) is 65.2 Å². The van der Waals surface area contributed by atoms with Gasteiger partial charge in [-0.3, -0.25) is 24.6 Å². The number of aromatic nitrogens is 2. The summed E-state index contributed by atoms with van der Waals surface area (Å²) in [6.07, 6.45) is 3.01. The number of likely N-dealkylation sites (tertiary alicyclic amines) is 2. The van der Waals surface area contributed by atoms with Crippen molar-refractivity contribution >= 4 is 41.6 Å². The average Bonchev–Trinajstić information content (AvgIpc) is 3.98. The van der Waals surface area contributed by atoms with E-state index in [4.69, 9.17) is 4.74 Å². The van der Waals surface area contributed by atoms with Crippen molar-refractivity contribution in [3.05, 3.63) is 60.6 Å². The van der Waals surface area contributed by atoms with E-state index < -0.39 is 48.2 Å². The summed E-state index contributed by atoms with van der Waals surface area (Å²) in [5.41, 5.74) is 4.03. The van der Waals surface area contributed by atoms with E-state index in [1.54, 1.807) is 44.1 Å². The zero-order chi connectivity index (χ0) is 40.7. The first-order valence-electron chi connectivity index (χ1n) is 18.9. The Morgan fingerprint density at radius 1 is 0.804 bits per heavy atom. The first-order chi connectivity index (χ1) is 26.7. The van der Waals surface area contributed by atoms with Gasteiger partial charge in [0, 0.05) is 25.8 Å². The number of urea groups is 1. The van der Waals surface area contributed by atoms with Crippen LogP contribution in [-0.4, -0.2) is 113 Å². The number of imide groups is 1. The summed E-state index contributed by atoms with van der Waals surface area (Å²) < 4.78 is 9.53. The van der Waals surface area contributed by atoms with Gasteiger partial charge in [0.05, 0.1) is 32.2 Å². The molecular weight excluding hydrogens is 720 g/mol. The molecule has 4 N–H and O–H groups in total. The van der Waals surface area contributed by atoms with E-state index >= 15 is 0 Å². The van der Waals surface area contributed by atoms with Crippen molar-refractivity contribution in [1.82, 2.24) is 35.3 Å². The lowest BCUT2D eigenvalue weighted by molar-refractivity contribution is -0.140. The summed E-state index contributed by atoms with van der Waals surface area (Å²) in [4.78, 5) is 89.6. The number of imidazole rings is 1. The molecule has 2 aliphatic heterocycles.